The Bertz CT molecular complexity index is 602. The van der Waals surface area contributed by atoms with Gasteiger partial charge in [-0.25, -0.2) is 4.39 Å². The molecule has 0 bridgehead atoms. The minimum atomic E-state index is -0.802. The van der Waals surface area contributed by atoms with Crippen molar-refractivity contribution in [1.82, 2.24) is 4.90 Å². The van der Waals surface area contributed by atoms with Crippen LogP contribution in [0, 0.1) is 17.7 Å². The summed E-state index contributed by atoms with van der Waals surface area (Å²) in [6, 6.07) is 4.73. The molecule has 1 aliphatic heterocycles. The van der Waals surface area contributed by atoms with Crippen LogP contribution in [-0.4, -0.2) is 28.4 Å². The van der Waals surface area contributed by atoms with Crippen molar-refractivity contribution in [3.63, 3.8) is 0 Å². The van der Waals surface area contributed by atoms with Gasteiger partial charge in [-0.05, 0) is 48.9 Å². The maximum atomic E-state index is 13.3. The molecule has 22 heavy (non-hydrogen) atoms. The summed E-state index contributed by atoms with van der Waals surface area (Å²) in [5.41, 5.74) is 1.96. The van der Waals surface area contributed by atoms with E-state index >= 15 is 0 Å². The number of benzene rings is 1. The predicted molar refractivity (Wildman–Crippen MR) is 78.6 cm³/mol. The number of aliphatic carboxylic acids is 1. The number of carboxylic acid groups (broad SMARTS) is 1. The standard InChI is InChI=1S/C17H20FNO3/c18-15-5-4-11-6-7-19(10-14(11)9-15)16(20)12-2-1-3-13(8-12)17(21)22/h4-5,9,12-13H,1-3,6-8,10H2,(H,21,22). The summed E-state index contributed by atoms with van der Waals surface area (Å²) >= 11 is 0. The molecular weight excluding hydrogens is 285 g/mol. The van der Waals surface area contributed by atoms with Crippen molar-refractivity contribution in [2.75, 3.05) is 6.54 Å². The lowest BCUT2D eigenvalue weighted by Crippen LogP contribution is -2.41. The van der Waals surface area contributed by atoms with Crippen molar-refractivity contribution < 1.29 is 19.1 Å². The van der Waals surface area contributed by atoms with Gasteiger partial charge in [0, 0.05) is 19.0 Å². The Morgan fingerprint density at radius 1 is 1.18 bits per heavy atom. The summed E-state index contributed by atoms with van der Waals surface area (Å²) in [5.74, 6) is -1.66. The molecule has 1 aliphatic carbocycles. The van der Waals surface area contributed by atoms with Gasteiger partial charge in [0.05, 0.1) is 5.92 Å². The Morgan fingerprint density at radius 3 is 2.73 bits per heavy atom. The first-order chi connectivity index (χ1) is 10.5. The molecule has 1 N–H and O–H groups in total. The van der Waals surface area contributed by atoms with Gasteiger partial charge in [-0.15, -0.1) is 0 Å². The number of hydrogen-bond donors (Lipinski definition) is 1. The molecule has 1 amide bonds. The second-order valence-corrected chi connectivity index (χ2v) is 6.32. The maximum Gasteiger partial charge on any atom is 0.306 e. The third-order valence-corrected chi connectivity index (χ3v) is 4.86. The summed E-state index contributed by atoms with van der Waals surface area (Å²) < 4.78 is 13.3. The lowest BCUT2D eigenvalue weighted by molar-refractivity contribution is -0.145. The monoisotopic (exact) mass is 305 g/mol. The van der Waals surface area contributed by atoms with Gasteiger partial charge >= 0.3 is 5.97 Å². The van der Waals surface area contributed by atoms with Crippen LogP contribution in [0.3, 0.4) is 0 Å². The highest BCUT2D eigenvalue weighted by molar-refractivity contribution is 5.80. The molecule has 3 rings (SSSR count). The third kappa shape index (κ3) is 2.98. The molecule has 1 saturated carbocycles. The fourth-order valence-corrected chi connectivity index (χ4v) is 3.61. The molecule has 2 unspecified atom stereocenters. The molecule has 0 radical (unpaired) electrons. The van der Waals surface area contributed by atoms with Crippen molar-refractivity contribution in [3.8, 4) is 0 Å². The van der Waals surface area contributed by atoms with Crippen LogP contribution < -0.4 is 0 Å². The summed E-state index contributed by atoms with van der Waals surface area (Å²) in [5, 5.41) is 9.14. The molecule has 4 nitrogen and oxygen atoms in total. The van der Waals surface area contributed by atoms with Crippen LogP contribution in [0.4, 0.5) is 4.39 Å². The number of fused-ring (bicyclic) bond motifs is 1. The molecule has 2 atom stereocenters. The van der Waals surface area contributed by atoms with Gasteiger partial charge < -0.3 is 10.0 Å². The second-order valence-electron chi connectivity index (χ2n) is 6.32. The molecule has 1 aromatic carbocycles. The average Bonchev–Trinajstić information content (AvgIpc) is 2.53. The molecular formula is C17H20FNO3. The molecule has 1 aromatic rings. The maximum absolute atomic E-state index is 13.3. The molecule has 2 aliphatic rings. The number of carbonyl (C=O) groups is 2. The molecule has 1 heterocycles. The first-order valence-electron chi connectivity index (χ1n) is 7.83. The van der Waals surface area contributed by atoms with E-state index in [9.17, 15) is 14.0 Å². The van der Waals surface area contributed by atoms with Gasteiger partial charge in [-0.2, -0.15) is 0 Å². The van der Waals surface area contributed by atoms with E-state index in [2.05, 4.69) is 0 Å². The van der Waals surface area contributed by atoms with Gasteiger partial charge in [0.2, 0.25) is 5.91 Å². The average molecular weight is 305 g/mol. The van der Waals surface area contributed by atoms with Crippen LogP contribution in [0.25, 0.3) is 0 Å². The largest absolute Gasteiger partial charge is 0.481 e. The molecule has 1 fully saturated rings. The van der Waals surface area contributed by atoms with Crippen molar-refractivity contribution in [3.05, 3.63) is 35.1 Å². The van der Waals surface area contributed by atoms with E-state index in [0.717, 1.165) is 30.4 Å². The van der Waals surface area contributed by atoms with Crippen molar-refractivity contribution >= 4 is 11.9 Å². The fourth-order valence-electron chi connectivity index (χ4n) is 3.61. The van der Waals surface area contributed by atoms with Crippen LogP contribution in [-0.2, 0) is 22.6 Å². The molecule has 5 heteroatoms. The number of amides is 1. The lowest BCUT2D eigenvalue weighted by Gasteiger charge is -2.34. The van der Waals surface area contributed by atoms with E-state index in [-0.39, 0.29) is 17.6 Å². The van der Waals surface area contributed by atoms with Crippen LogP contribution in [0.1, 0.15) is 36.8 Å². The normalized spacial score (nSPS) is 24.7. The highest BCUT2D eigenvalue weighted by Crippen LogP contribution is 2.32. The van der Waals surface area contributed by atoms with E-state index in [1.165, 1.54) is 12.1 Å². The molecule has 0 spiro atoms. The van der Waals surface area contributed by atoms with E-state index in [0.29, 0.717) is 25.9 Å². The number of nitrogens with zero attached hydrogens (tertiary/aromatic N) is 1. The van der Waals surface area contributed by atoms with Crippen LogP contribution >= 0.6 is 0 Å². The summed E-state index contributed by atoms with van der Waals surface area (Å²) in [6.07, 6.45) is 3.37. The van der Waals surface area contributed by atoms with Gasteiger partial charge in [-0.1, -0.05) is 12.5 Å². The van der Waals surface area contributed by atoms with Crippen LogP contribution in [0.2, 0.25) is 0 Å². The molecule has 0 aromatic heterocycles. The number of halogens is 1. The van der Waals surface area contributed by atoms with E-state index in [4.69, 9.17) is 5.11 Å². The number of rotatable bonds is 2. The summed E-state index contributed by atoms with van der Waals surface area (Å²) in [6.45, 7) is 1.06. The van der Waals surface area contributed by atoms with Crippen LogP contribution in [0.5, 0.6) is 0 Å². The second kappa shape index (κ2) is 6.07. The number of hydrogen-bond acceptors (Lipinski definition) is 2. The van der Waals surface area contributed by atoms with Crippen molar-refractivity contribution in [2.45, 2.75) is 38.6 Å². The SMILES string of the molecule is O=C(O)C1CCCC(C(=O)N2CCc3ccc(F)cc3C2)C1. The van der Waals surface area contributed by atoms with E-state index < -0.39 is 11.9 Å². The zero-order chi connectivity index (χ0) is 15.7. The van der Waals surface area contributed by atoms with E-state index in [1.807, 2.05) is 0 Å². The Balaban J connectivity index is 1.69. The van der Waals surface area contributed by atoms with Gasteiger partial charge in [0.1, 0.15) is 5.82 Å². The van der Waals surface area contributed by atoms with Crippen molar-refractivity contribution in [2.24, 2.45) is 11.8 Å². The Hall–Kier alpha value is -1.91. The summed E-state index contributed by atoms with van der Waals surface area (Å²) in [7, 11) is 0. The predicted octanol–water partition coefficient (Wildman–Crippen LogP) is 2.60. The fraction of sp³-hybridized carbons (Fsp3) is 0.529. The quantitative estimate of drug-likeness (QED) is 0.913. The topological polar surface area (TPSA) is 57.6 Å². The van der Waals surface area contributed by atoms with Crippen LogP contribution in [0.15, 0.2) is 18.2 Å². The zero-order valence-corrected chi connectivity index (χ0v) is 12.4. The van der Waals surface area contributed by atoms with Gasteiger partial charge in [0.15, 0.2) is 0 Å². The van der Waals surface area contributed by atoms with Gasteiger partial charge in [0.25, 0.3) is 0 Å². The zero-order valence-electron chi connectivity index (χ0n) is 12.4. The first kappa shape index (κ1) is 15.0. The highest BCUT2D eigenvalue weighted by Gasteiger charge is 2.34. The third-order valence-electron chi connectivity index (χ3n) is 4.86. The Morgan fingerprint density at radius 2 is 1.95 bits per heavy atom. The number of carboxylic acids is 1. The van der Waals surface area contributed by atoms with Gasteiger partial charge in [-0.3, -0.25) is 9.59 Å². The minimum Gasteiger partial charge on any atom is -0.481 e. The smallest absolute Gasteiger partial charge is 0.306 e. The molecule has 0 saturated heterocycles. The Kier molecular flexibility index (Phi) is 4.14. The summed E-state index contributed by atoms with van der Waals surface area (Å²) in [4.78, 5) is 25.5. The lowest BCUT2D eigenvalue weighted by atomic mass is 9.80. The minimum absolute atomic E-state index is 0.0286. The first-order valence-corrected chi connectivity index (χ1v) is 7.83. The Labute approximate surface area is 128 Å². The van der Waals surface area contributed by atoms with E-state index in [1.54, 1.807) is 11.0 Å². The molecule has 118 valence electrons. The van der Waals surface area contributed by atoms with Crippen molar-refractivity contribution in [1.29, 1.82) is 0 Å². The highest BCUT2D eigenvalue weighted by atomic mass is 19.1. The number of carbonyl (C=O) groups excluding carboxylic acids is 1.